The minimum Gasteiger partial charge on any atom is -0.493 e. The van der Waals surface area contributed by atoms with Crippen LogP contribution in [0.2, 0.25) is 0 Å². The van der Waals surface area contributed by atoms with Gasteiger partial charge in [0.1, 0.15) is 5.82 Å². The van der Waals surface area contributed by atoms with Crippen LogP contribution in [0.15, 0.2) is 41.2 Å². The van der Waals surface area contributed by atoms with E-state index in [0.29, 0.717) is 41.3 Å². The van der Waals surface area contributed by atoms with Gasteiger partial charge in [-0.2, -0.15) is 0 Å². The van der Waals surface area contributed by atoms with Crippen LogP contribution in [0.5, 0.6) is 11.5 Å². The molecule has 2 N–H and O–H groups in total. The molecular weight excluding hydrogens is 434 g/mol. The van der Waals surface area contributed by atoms with Crippen molar-refractivity contribution in [2.75, 3.05) is 50.6 Å². The number of likely N-dealkylation sites (N-methyl/N-ethyl adjacent to an activating group) is 1. The lowest BCUT2D eigenvalue weighted by atomic mass is 10.2. The summed E-state index contributed by atoms with van der Waals surface area (Å²) in [5.74, 6) is 1.31. The molecular formula is C25H33N5O4. The van der Waals surface area contributed by atoms with E-state index in [1.165, 1.54) is 14.2 Å². The van der Waals surface area contributed by atoms with Crippen molar-refractivity contribution in [2.45, 2.75) is 27.3 Å². The van der Waals surface area contributed by atoms with E-state index in [1.54, 1.807) is 12.1 Å². The summed E-state index contributed by atoms with van der Waals surface area (Å²) >= 11 is 0. The Morgan fingerprint density at radius 2 is 1.65 bits per heavy atom. The molecule has 0 saturated carbocycles. The van der Waals surface area contributed by atoms with E-state index < -0.39 is 0 Å². The molecule has 1 aromatic heterocycles. The van der Waals surface area contributed by atoms with E-state index in [0.717, 1.165) is 24.5 Å². The number of hydrogen-bond donors (Lipinski definition) is 2. The van der Waals surface area contributed by atoms with Gasteiger partial charge >= 0.3 is 0 Å². The molecule has 1 amide bonds. The maximum Gasteiger partial charge on any atom is 0.258 e. The summed E-state index contributed by atoms with van der Waals surface area (Å²) in [6.45, 7) is 9.15. The van der Waals surface area contributed by atoms with Gasteiger partial charge < -0.3 is 24.7 Å². The Bertz CT molecular complexity index is 1170. The molecule has 0 aliphatic rings. The van der Waals surface area contributed by atoms with E-state index in [9.17, 15) is 9.59 Å². The minimum absolute atomic E-state index is 0.132. The number of carbonyl (C=O) groups is 1. The molecule has 0 bridgehead atoms. The van der Waals surface area contributed by atoms with Gasteiger partial charge in [-0.15, -0.1) is 0 Å². The predicted molar refractivity (Wildman–Crippen MR) is 135 cm³/mol. The first-order chi connectivity index (χ1) is 16.4. The Balaban J connectivity index is 1.70. The summed E-state index contributed by atoms with van der Waals surface area (Å²) in [7, 11) is 3.05. The number of anilines is 2. The maximum absolute atomic E-state index is 12.7. The van der Waals surface area contributed by atoms with Gasteiger partial charge in [-0.1, -0.05) is 6.92 Å². The van der Waals surface area contributed by atoms with Crippen molar-refractivity contribution in [3.05, 3.63) is 52.6 Å². The van der Waals surface area contributed by atoms with Gasteiger partial charge in [0.15, 0.2) is 11.5 Å². The van der Waals surface area contributed by atoms with Gasteiger partial charge in [0, 0.05) is 30.5 Å². The fraction of sp³-hybridized carbons (Fsp3) is 0.400. The number of benzene rings is 2. The van der Waals surface area contributed by atoms with Crippen LogP contribution in [0.1, 0.15) is 26.6 Å². The highest BCUT2D eigenvalue weighted by Gasteiger charge is 2.15. The lowest BCUT2D eigenvalue weighted by molar-refractivity contribution is -0.117. The highest BCUT2D eigenvalue weighted by Crippen LogP contribution is 2.30. The summed E-state index contributed by atoms with van der Waals surface area (Å²) in [5, 5.41) is 3.35. The Hall–Kier alpha value is -3.59. The average molecular weight is 468 g/mol. The first kappa shape index (κ1) is 25.0. The van der Waals surface area contributed by atoms with Crippen molar-refractivity contribution in [1.29, 1.82) is 0 Å². The molecule has 0 radical (unpaired) electrons. The topological polar surface area (TPSA) is 99.8 Å². The van der Waals surface area contributed by atoms with Crippen molar-refractivity contribution >= 4 is 28.2 Å². The van der Waals surface area contributed by atoms with Crippen molar-refractivity contribution in [3.8, 4) is 11.5 Å². The summed E-state index contributed by atoms with van der Waals surface area (Å²) < 4.78 is 10.6. The molecule has 3 rings (SSSR count). The van der Waals surface area contributed by atoms with Gasteiger partial charge in [0.25, 0.3) is 5.56 Å². The van der Waals surface area contributed by atoms with Crippen LogP contribution >= 0.6 is 0 Å². The number of H-pyrrole nitrogens is 1. The van der Waals surface area contributed by atoms with E-state index in [2.05, 4.69) is 34.0 Å². The van der Waals surface area contributed by atoms with Gasteiger partial charge in [-0.05, 0) is 50.7 Å². The molecule has 0 atom stereocenters. The molecule has 2 aromatic carbocycles. The standard InChI is InChI=1S/C25H33N5O4/c1-6-29(16-24(31)26-17-9-11-18(12-10-17)30(7-2)8-3)15-23-27-20-14-22(34-5)21(33-4)13-19(20)25(32)28-23/h9-14H,6-8,15-16H2,1-5H3,(H,26,31)(H,27,28,32). The average Bonchev–Trinajstić information content (AvgIpc) is 2.84. The second kappa shape index (κ2) is 11.5. The largest absolute Gasteiger partial charge is 0.493 e. The normalized spacial score (nSPS) is 11.0. The van der Waals surface area contributed by atoms with Crippen molar-refractivity contribution in [1.82, 2.24) is 14.9 Å². The second-order valence-corrected chi connectivity index (χ2v) is 7.81. The molecule has 9 heteroatoms. The zero-order valence-electron chi connectivity index (χ0n) is 20.5. The van der Waals surface area contributed by atoms with E-state index in [1.807, 2.05) is 36.1 Å². The molecule has 9 nitrogen and oxygen atoms in total. The van der Waals surface area contributed by atoms with Gasteiger partial charge in [-0.3, -0.25) is 14.5 Å². The monoisotopic (exact) mass is 467 g/mol. The van der Waals surface area contributed by atoms with Crippen LogP contribution in [-0.4, -0.2) is 61.2 Å². The molecule has 0 aliphatic carbocycles. The third kappa shape index (κ3) is 5.85. The van der Waals surface area contributed by atoms with Crippen LogP contribution in [0.4, 0.5) is 11.4 Å². The summed E-state index contributed by atoms with van der Waals surface area (Å²) in [6.07, 6.45) is 0. The van der Waals surface area contributed by atoms with Crippen LogP contribution < -0.4 is 25.2 Å². The minimum atomic E-state index is -0.269. The van der Waals surface area contributed by atoms with Crippen molar-refractivity contribution in [3.63, 3.8) is 0 Å². The number of aromatic nitrogens is 2. The number of rotatable bonds is 11. The first-order valence-electron chi connectivity index (χ1n) is 11.4. The molecule has 34 heavy (non-hydrogen) atoms. The summed E-state index contributed by atoms with van der Waals surface area (Å²) in [6, 6.07) is 11.1. The lowest BCUT2D eigenvalue weighted by Crippen LogP contribution is -2.33. The summed E-state index contributed by atoms with van der Waals surface area (Å²) in [4.78, 5) is 36.8. The Kier molecular flexibility index (Phi) is 8.48. The van der Waals surface area contributed by atoms with Crippen LogP contribution in [0.3, 0.4) is 0 Å². The Labute approximate surface area is 199 Å². The molecule has 0 saturated heterocycles. The van der Waals surface area contributed by atoms with E-state index in [-0.39, 0.29) is 18.0 Å². The number of carbonyl (C=O) groups excluding carboxylic acids is 1. The molecule has 0 aliphatic heterocycles. The number of nitrogens with zero attached hydrogens (tertiary/aromatic N) is 3. The Morgan fingerprint density at radius 3 is 2.24 bits per heavy atom. The van der Waals surface area contributed by atoms with Crippen LogP contribution in [-0.2, 0) is 11.3 Å². The molecule has 3 aromatic rings. The number of hydrogen-bond acceptors (Lipinski definition) is 7. The summed E-state index contributed by atoms with van der Waals surface area (Å²) in [5.41, 5.74) is 2.11. The first-order valence-corrected chi connectivity index (χ1v) is 11.4. The van der Waals surface area contributed by atoms with E-state index in [4.69, 9.17) is 9.47 Å². The fourth-order valence-corrected chi connectivity index (χ4v) is 3.83. The number of nitrogens with one attached hydrogen (secondary N) is 2. The van der Waals surface area contributed by atoms with Crippen molar-refractivity contribution in [2.24, 2.45) is 0 Å². The predicted octanol–water partition coefficient (Wildman–Crippen LogP) is 3.25. The number of aromatic amines is 1. The SMILES string of the molecule is CCN(CC(=O)Nc1ccc(N(CC)CC)cc1)Cc1nc2cc(OC)c(OC)cc2c(=O)[nH]1. The van der Waals surface area contributed by atoms with Gasteiger partial charge in [0.2, 0.25) is 5.91 Å². The zero-order chi connectivity index (χ0) is 24.7. The number of fused-ring (bicyclic) bond motifs is 1. The molecule has 0 fully saturated rings. The smallest absolute Gasteiger partial charge is 0.258 e. The fourth-order valence-electron chi connectivity index (χ4n) is 3.83. The molecule has 0 unspecified atom stereocenters. The van der Waals surface area contributed by atoms with Gasteiger partial charge in [-0.25, -0.2) is 4.98 Å². The van der Waals surface area contributed by atoms with E-state index >= 15 is 0 Å². The van der Waals surface area contributed by atoms with Gasteiger partial charge in [0.05, 0.1) is 38.2 Å². The highest BCUT2D eigenvalue weighted by molar-refractivity contribution is 5.92. The van der Waals surface area contributed by atoms with Crippen molar-refractivity contribution < 1.29 is 14.3 Å². The maximum atomic E-state index is 12.7. The second-order valence-electron chi connectivity index (χ2n) is 7.81. The molecule has 0 spiro atoms. The molecule has 1 heterocycles. The third-order valence-electron chi connectivity index (χ3n) is 5.73. The van der Waals surface area contributed by atoms with Crippen LogP contribution in [0, 0.1) is 0 Å². The highest BCUT2D eigenvalue weighted by atomic mass is 16.5. The number of amides is 1. The Morgan fingerprint density at radius 1 is 1.00 bits per heavy atom. The molecule has 182 valence electrons. The number of methoxy groups -OCH3 is 2. The quantitative estimate of drug-likeness (QED) is 0.447. The lowest BCUT2D eigenvalue weighted by Gasteiger charge is -2.21. The third-order valence-corrected chi connectivity index (χ3v) is 5.73. The zero-order valence-corrected chi connectivity index (χ0v) is 20.5. The number of ether oxygens (including phenoxy) is 2. The van der Waals surface area contributed by atoms with Crippen LogP contribution in [0.25, 0.3) is 10.9 Å².